The fourth-order valence-corrected chi connectivity index (χ4v) is 3.72. The van der Waals surface area contributed by atoms with Gasteiger partial charge in [-0.2, -0.15) is 0 Å². The van der Waals surface area contributed by atoms with Crippen LogP contribution in [0.5, 0.6) is 0 Å². The maximum absolute atomic E-state index is 2.25. The molecular weight excluding hydrogens is 500 g/mol. The average molecular weight is 522 g/mol. The molecule has 0 saturated heterocycles. The van der Waals surface area contributed by atoms with E-state index in [-0.39, 0.29) is 34.0 Å². The Morgan fingerprint density at radius 2 is 0.800 bits per heavy atom. The molecule has 0 atom stereocenters. The van der Waals surface area contributed by atoms with Gasteiger partial charge in [-0.15, -0.1) is 0 Å². The summed E-state index contributed by atoms with van der Waals surface area (Å²) in [5, 5.41) is 5.10. The number of aromatic nitrogens is 2. The summed E-state index contributed by atoms with van der Waals surface area (Å²) < 4.78 is 4.49. The predicted octanol–water partition coefficient (Wildman–Crippen LogP) is -1.33. The Bertz CT molecular complexity index is 1170. The van der Waals surface area contributed by atoms with Crippen LogP contribution in [0.4, 0.5) is 0 Å². The molecule has 150 valence electrons. The second kappa shape index (κ2) is 9.96. The molecule has 0 N–H and O–H groups in total. The zero-order chi connectivity index (χ0) is 18.8. The molecule has 30 heavy (non-hydrogen) atoms. The Balaban J connectivity index is 0.00000128. The highest BCUT2D eigenvalue weighted by Crippen LogP contribution is 2.12. The molecule has 0 aliphatic heterocycles. The van der Waals surface area contributed by atoms with E-state index in [4.69, 9.17) is 0 Å². The van der Waals surface area contributed by atoms with Crippen LogP contribution in [0.2, 0.25) is 0 Å². The maximum Gasteiger partial charge on any atom is 0.176 e. The quantitative estimate of drug-likeness (QED) is 0.259. The Hall–Kier alpha value is -2.56. The molecule has 5 rings (SSSR count). The van der Waals surface area contributed by atoms with Crippen LogP contribution in [0, 0.1) is 0 Å². The van der Waals surface area contributed by atoms with Gasteiger partial charge in [0.1, 0.15) is 0 Å². The van der Waals surface area contributed by atoms with Crippen molar-refractivity contribution in [3.8, 4) is 0 Å². The topological polar surface area (TPSA) is 7.76 Å². The first kappa shape index (κ1) is 22.1. The van der Waals surface area contributed by atoms with Crippen molar-refractivity contribution in [3.63, 3.8) is 0 Å². The molecule has 2 nitrogen and oxygen atoms in total. The smallest absolute Gasteiger partial charge is 0.176 e. The van der Waals surface area contributed by atoms with E-state index in [1.54, 1.807) is 0 Å². The van der Waals surface area contributed by atoms with Gasteiger partial charge in [0, 0.05) is 34.0 Å². The lowest BCUT2D eigenvalue weighted by atomic mass is 10.1. The van der Waals surface area contributed by atoms with Gasteiger partial charge in [0.05, 0.1) is 0 Å². The molecule has 0 amide bonds. The number of fused-ring (bicyclic) bond motifs is 2. The summed E-state index contributed by atoms with van der Waals surface area (Å²) in [7, 11) is 0. The summed E-state index contributed by atoms with van der Waals surface area (Å²) in [5.74, 6) is 0. The fraction of sp³-hybridized carbons (Fsp3) is 0.0769. The first-order valence-corrected chi connectivity index (χ1v) is 9.67. The molecule has 4 heteroatoms. The van der Waals surface area contributed by atoms with Gasteiger partial charge >= 0.3 is 0 Å². The van der Waals surface area contributed by atoms with Crippen molar-refractivity contribution < 1.29 is 43.1 Å². The van der Waals surface area contributed by atoms with Gasteiger partial charge in [0.2, 0.25) is 0 Å². The number of hydrogen-bond donors (Lipinski definition) is 0. The lowest BCUT2D eigenvalue weighted by molar-refractivity contribution is -0.687. The minimum Gasteiger partial charge on any atom is -1.00 e. The van der Waals surface area contributed by atoms with Crippen LogP contribution in [-0.2, 0) is 13.1 Å². The number of hydrogen-bond acceptors (Lipinski definition) is 0. The number of halogens is 2. The van der Waals surface area contributed by atoms with E-state index in [0.29, 0.717) is 0 Å². The molecule has 0 unspecified atom stereocenters. The number of pyridine rings is 2. The first-order valence-electron chi connectivity index (χ1n) is 9.67. The molecule has 0 fully saturated rings. The molecule has 0 radical (unpaired) electrons. The zero-order valence-electron chi connectivity index (χ0n) is 16.5. The fourth-order valence-electron chi connectivity index (χ4n) is 3.72. The van der Waals surface area contributed by atoms with E-state index in [1.807, 2.05) is 0 Å². The summed E-state index contributed by atoms with van der Waals surface area (Å²) in [6.45, 7) is 1.77. The molecule has 5 aromatic rings. The summed E-state index contributed by atoms with van der Waals surface area (Å²) in [6.07, 6.45) is 8.74. The predicted molar refractivity (Wildman–Crippen MR) is 113 cm³/mol. The summed E-state index contributed by atoms with van der Waals surface area (Å²) in [6, 6.07) is 30.3. The summed E-state index contributed by atoms with van der Waals surface area (Å²) >= 11 is 0. The third kappa shape index (κ3) is 4.94. The summed E-state index contributed by atoms with van der Waals surface area (Å²) in [4.78, 5) is 0. The van der Waals surface area contributed by atoms with Gasteiger partial charge in [-0.1, -0.05) is 60.7 Å². The van der Waals surface area contributed by atoms with Crippen molar-refractivity contribution in [2.75, 3.05) is 0 Å². The highest BCUT2D eigenvalue weighted by atomic mass is 79.9. The highest BCUT2D eigenvalue weighted by molar-refractivity contribution is 5.81. The van der Waals surface area contributed by atoms with Crippen LogP contribution in [0.1, 0.15) is 11.1 Å². The number of nitrogens with zero attached hydrogens (tertiary/aromatic N) is 2. The lowest BCUT2D eigenvalue weighted by Gasteiger charge is -2.03. The minimum absolute atomic E-state index is 0. The van der Waals surface area contributed by atoms with Gasteiger partial charge < -0.3 is 34.0 Å². The zero-order valence-corrected chi connectivity index (χ0v) is 19.6. The van der Waals surface area contributed by atoms with Crippen molar-refractivity contribution in [2.24, 2.45) is 0 Å². The molecule has 0 saturated carbocycles. The van der Waals surface area contributed by atoms with Crippen molar-refractivity contribution in [2.45, 2.75) is 13.1 Å². The van der Waals surface area contributed by atoms with E-state index in [0.717, 1.165) is 13.1 Å². The Labute approximate surface area is 198 Å². The molecule has 0 bridgehead atoms. The normalized spacial score (nSPS) is 10.4. The van der Waals surface area contributed by atoms with Crippen LogP contribution >= 0.6 is 0 Å². The SMILES string of the molecule is [Br-].[Br-].c1ccc2c[n+](Cc3ccc(C[n+]4ccc5ccccc5c4)cc3)ccc2c1. The Kier molecular flexibility index (Phi) is 7.35. The maximum atomic E-state index is 2.25. The minimum atomic E-state index is 0. The van der Waals surface area contributed by atoms with Crippen molar-refractivity contribution in [3.05, 3.63) is 121 Å². The van der Waals surface area contributed by atoms with Gasteiger partial charge in [0.15, 0.2) is 37.9 Å². The monoisotopic (exact) mass is 520 g/mol. The van der Waals surface area contributed by atoms with Crippen molar-refractivity contribution >= 4 is 21.5 Å². The molecule has 0 spiro atoms. The lowest BCUT2D eigenvalue weighted by Crippen LogP contribution is -3.00. The average Bonchev–Trinajstić information content (AvgIpc) is 2.75. The highest BCUT2D eigenvalue weighted by Gasteiger charge is 2.07. The van der Waals surface area contributed by atoms with E-state index >= 15 is 0 Å². The molecule has 2 aromatic heterocycles. The van der Waals surface area contributed by atoms with Crippen LogP contribution < -0.4 is 43.1 Å². The van der Waals surface area contributed by atoms with Crippen LogP contribution in [0.15, 0.2) is 110 Å². The van der Waals surface area contributed by atoms with Gasteiger partial charge in [-0.05, 0) is 22.9 Å². The summed E-state index contributed by atoms with van der Waals surface area (Å²) in [5.41, 5.74) is 2.63. The molecule has 2 heterocycles. The second-order valence-electron chi connectivity index (χ2n) is 7.31. The number of benzene rings is 3. The van der Waals surface area contributed by atoms with Crippen LogP contribution in [-0.4, -0.2) is 0 Å². The molecular formula is C26H22Br2N2. The third-order valence-corrected chi connectivity index (χ3v) is 5.25. The standard InChI is InChI=1S/C26H22N2.2BrH/c1-3-7-25-19-27(15-13-23(25)5-1)17-21-9-11-22(12-10-21)18-28-16-14-24-6-2-4-8-26(24)20-28;;/h1-16,19-20H,17-18H2;2*1H/q+2;;/p-2. The van der Waals surface area contributed by atoms with E-state index in [1.165, 1.54) is 32.7 Å². The second-order valence-corrected chi connectivity index (χ2v) is 7.31. The molecule has 0 aliphatic rings. The van der Waals surface area contributed by atoms with E-state index < -0.39 is 0 Å². The molecule has 0 aliphatic carbocycles. The van der Waals surface area contributed by atoms with Crippen LogP contribution in [0.25, 0.3) is 21.5 Å². The van der Waals surface area contributed by atoms with Gasteiger partial charge in [-0.25, -0.2) is 9.13 Å². The Morgan fingerprint density at radius 3 is 1.20 bits per heavy atom. The van der Waals surface area contributed by atoms with Crippen molar-refractivity contribution in [1.29, 1.82) is 0 Å². The Morgan fingerprint density at radius 1 is 0.433 bits per heavy atom. The van der Waals surface area contributed by atoms with Crippen LogP contribution in [0.3, 0.4) is 0 Å². The molecule has 3 aromatic carbocycles. The van der Waals surface area contributed by atoms with E-state index in [2.05, 4.69) is 119 Å². The van der Waals surface area contributed by atoms with Gasteiger partial charge in [-0.3, -0.25) is 0 Å². The number of rotatable bonds is 4. The first-order chi connectivity index (χ1) is 13.8. The van der Waals surface area contributed by atoms with Gasteiger partial charge in [0.25, 0.3) is 0 Å². The van der Waals surface area contributed by atoms with E-state index in [9.17, 15) is 0 Å². The largest absolute Gasteiger partial charge is 1.00 e. The third-order valence-electron chi connectivity index (χ3n) is 5.25. The van der Waals surface area contributed by atoms with Crippen molar-refractivity contribution in [1.82, 2.24) is 0 Å².